The van der Waals surface area contributed by atoms with Crippen molar-refractivity contribution in [2.24, 2.45) is 0 Å². The molecular formula is C25H27F3N6O3S2. The summed E-state index contributed by atoms with van der Waals surface area (Å²) in [4.78, 5) is 10.9. The van der Waals surface area contributed by atoms with E-state index in [1.807, 2.05) is 13.8 Å². The standard InChI is InChI=1S/C25H27F3N6O3S2/c1-15(31-24-18-5-4-6-19(25(26,27)28)23(18)29-14-30-24)13-33-9-11-34(12-10-33)39(35,36)21-8-7-20(38-21)22-16(2)32-37-17(22)3/h4-8,14-15H,9-13H2,1-3H3,(H,29,30,31)/t15-/m0/s1. The van der Waals surface area contributed by atoms with E-state index in [2.05, 4.69) is 25.3 Å². The highest BCUT2D eigenvalue weighted by Crippen LogP contribution is 2.37. The van der Waals surface area contributed by atoms with E-state index < -0.39 is 21.8 Å². The van der Waals surface area contributed by atoms with E-state index in [1.165, 1.54) is 21.7 Å². The lowest BCUT2D eigenvalue weighted by Crippen LogP contribution is -2.50. The molecule has 1 atom stereocenters. The highest BCUT2D eigenvalue weighted by atomic mass is 32.2. The number of fused-ring (bicyclic) bond motifs is 1. The fourth-order valence-corrected chi connectivity index (χ4v) is 7.83. The Morgan fingerprint density at radius 2 is 1.85 bits per heavy atom. The first kappa shape index (κ1) is 27.5. The predicted molar refractivity (Wildman–Crippen MR) is 142 cm³/mol. The molecule has 1 aliphatic rings. The molecule has 1 saturated heterocycles. The fourth-order valence-electron chi connectivity index (χ4n) is 4.81. The second-order valence-electron chi connectivity index (χ2n) is 9.49. The van der Waals surface area contributed by atoms with Crippen LogP contribution in [0.4, 0.5) is 19.0 Å². The number of anilines is 1. The summed E-state index contributed by atoms with van der Waals surface area (Å²) in [6, 6.07) is 7.15. The third kappa shape index (κ3) is 5.51. The second-order valence-corrected chi connectivity index (χ2v) is 12.7. The van der Waals surface area contributed by atoms with Gasteiger partial charge in [-0.05, 0) is 45.0 Å². The zero-order valence-electron chi connectivity index (χ0n) is 21.5. The molecule has 0 saturated carbocycles. The topological polar surface area (TPSA) is 104 Å². The van der Waals surface area contributed by atoms with E-state index in [1.54, 1.807) is 25.1 Å². The van der Waals surface area contributed by atoms with Crippen LogP contribution in [-0.4, -0.2) is 71.5 Å². The van der Waals surface area contributed by atoms with Crippen molar-refractivity contribution in [2.45, 2.75) is 37.2 Å². The fraction of sp³-hybridized carbons (Fsp3) is 0.400. The Kier molecular flexibility index (Phi) is 7.39. The summed E-state index contributed by atoms with van der Waals surface area (Å²) in [5, 5.41) is 7.44. The lowest BCUT2D eigenvalue weighted by molar-refractivity contribution is -0.136. The monoisotopic (exact) mass is 580 g/mol. The van der Waals surface area contributed by atoms with Crippen molar-refractivity contribution in [3.05, 3.63) is 53.7 Å². The molecule has 0 unspecified atom stereocenters. The van der Waals surface area contributed by atoms with Crippen LogP contribution in [0, 0.1) is 13.8 Å². The number of rotatable bonds is 7. The molecule has 4 aromatic rings. The van der Waals surface area contributed by atoms with Gasteiger partial charge in [-0.1, -0.05) is 11.2 Å². The van der Waals surface area contributed by atoms with Crippen LogP contribution in [0.1, 0.15) is 23.9 Å². The quantitative estimate of drug-likeness (QED) is 0.333. The van der Waals surface area contributed by atoms with Gasteiger partial charge in [-0.3, -0.25) is 4.90 Å². The molecule has 9 nitrogen and oxygen atoms in total. The molecule has 39 heavy (non-hydrogen) atoms. The van der Waals surface area contributed by atoms with E-state index >= 15 is 0 Å². The zero-order valence-corrected chi connectivity index (χ0v) is 23.1. The van der Waals surface area contributed by atoms with Gasteiger partial charge in [0.2, 0.25) is 0 Å². The average Bonchev–Trinajstić information content (AvgIpc) is 3.50. The van der Waals surface area contributed by atoms with Crippen LogP contribution < -0.4 is 5.32 Å². The molecule has 0 bridgehead atoms. The number of halogens is 3. The smallest absolute Gasteiger partial charge is 0.366 e. The molecule has 5 rings (SSSR count). The summed E-state index contributed by atoms with van der Waals surface area (Å²) in [5.41, 5.74) is 0.573. The van der Waals surface area contributed by atoms with Gasteiger partial charge >= 0.3 is 6.18 Å². The summed E-state index contributed by atoms with van der Waals surface area (Å²) in [6.45, 7) is 7.80. The molecule has 0 spiro atoms. The number of benzene rings is 1. The van der Waals surface area contributed by atoms with Crippen LogP contribution in [0.3, 0.4) is 0 Å². The number of sulfonamides is 1. The Bertz CT molecular complexity index is 1570. The van der Waals surface area contributed by atoms with Crippen LogP contribution in [0.25, 0.3) is 21.3 Å². The molecule has 1 aromatic carbocycles. The lowest BCUT2D eigenvalue weighted by Gasteiger charge is -2.35. The molecule has 1 fully saturated rings. The van der Waals surface area contributed by atoms with Gasteiger partial charge in [0.05, 0.1) is 22.3 Å². The number of aromatic nitrogens is 3. The van der Waals surface area contributed by atoms with E-state index in [9.17, 15) is 21.6 Å². The summed E-state index contributed by atoms with van der Waals surface area (Å²) >= 11 is 1.20. The molecule has 0 aliphatic carbocycles. The maximum atomic E-state index is 13.4. The highest BCUT2D eigenvalue weighted by molar-refractivity contribution is 7.91. The maximum absolute atomic E-state index is 13.4. The summed E-state index contributed by atoms with van der Waals surface area (Å²) in [5.74, 6) is 0.969. The normalized spacial score (nSPS) is 16.6. The van der Waals surface area contributed by atoms with Crippen LogP contribution >= 0.6 is 11.3 Å². The zero-order chi connectivity index (χ0) is 27.9. The predicted octanol–water partition coefficient (Wildman–Crippen LogP) is 4.79. The van der Waals surface area contributed by atoms with Crippen LogP contribution in [0.5, 0.6) is 0 Å². The third-order valence-electron chi connectivity index (χ3n) is 6.67. The number of hydrogen-bond acceptors (Lipinski definition) is 9. The average molecular weight is 581 g/mol. The van der Waals surface area contributed by atoms with Crippen molar-refractivity contribution in [3.8, 4) is 10.4 Å². The second kappa shape index (κ2) is 10.5. The van der Waals surface area contributed by atoms with E-state index in [-0.39, 0.29) is 15.8 Å². The number of alkyl halides is 3. The molecule has 1 aliphatic heterocycles. The number of thiophene rings is 1. The largest absolute Gasteiger partial charge is 0.418 e. The van der Waals surface area contributed by atoms with E-state index in [0.717, 1.165) is 22.8 Å². The van der Waals surface area contributed by atoms with Crippen molar-refractivity contribution < 1.29 is 26.1 Å². The molecule has 0 radical (unpaired) electrons. The van der Waals surface area contributed by atoms with Crippen molar-refractivity contribution in [3.63, 3.8) is 0 Å². The van der Waals surface area contributed by atoms with Crippen molar-refractivity contribution in [2.75, 3.05) is 38.0 Å². The van der Waals surface area contributed by atoms with E-state index in [0.29, 0.717) is 55.4 Å². The summed E-state index contributed by atoms with van der Waals surface area (Å²) in [6.07, 6.45) is -3.40. The lowest BCUT2D eigenvalue weighted by atomic mass is 10.1. The molecule has 0 amide bonds. The van der Waals surface area contributed by atoms with Crippen molar-refractivity contribution in [1.29, 1.82) is 0 Å². The highest BCUT2D eigenvalue weighted by Gasteiger charge is 2.34. The van der Waals surface area contributed by atoms with Crippen LogP contribution in [-0.2, 0) is 16.2 Å². The Morgan fingerprint density at radius 3 is 2.51 bits per heavy atom. The van der Waals surface area contributed by atoms with Crippen LogP contribution in [0.15, 0.2) is 45.4 Å². The summed E-state index contributed by atoms with van der Waals surface area (Å²) in [7, 11) is -3.65. The summed E-state index contributed by atoms with van der Waals surface area (Å²) < 4.78 is 73.8. The Balaban J connectivity index is 1.22. The number of nitrogens with one attached hydrogen (secondary N) is 1. The first-order valence-electron chi connectivity index (χ1n) is 12.3. The van der Waals surface area contributed by atoms with Crippen LogP contribution in [0.2, 0.25) is 0 Å². The maximum Gasteiger partial charge on any atom is 0.418 e. The molecule has 14 heteroatoms. The minimum atomic E-state index is -4.52. The molecule has 1 N–H and O–H groups in total. The van der Waals surface area contributed by atoms with Crippen molar-refractivity contribution >= 4 is 38.1 Å². The minimum Gasteiger partial charge on any atom is -0.366 e. The molecular weight excluding hydrogens is 553 g/mol. The van der Waals surface area contributed by atoms with Gasteiger partial charge in [-0.2, -0.15) is 17.5 Å². The van der Waals surface area contributed by atoms with Gasteiger partial charge < -0.3 is 9.84 Å². The van der Waals surface area contributed by atoms with E-state index in [4.69, 9.17) is 4.52 Å². The Morgan fingerprint density at radius 1 is 1.10 bits per heavy atom. The Labute approximate surface area is 227 Å². The molecule has 208 valence electrons. The van der Waals surface area contributed by atoms with Gasteiger partial charge in [0.1, 0.15) is 22.1 Å². The van der Waals surface area contributed by atoms with Crippen molar-refractivity contribution in [1.82, 2.24) is 24.3 Å². The first-order chi connectivity index (χ1) is 18.4. The van der Waals surface area contributed by atoms with Gasteiger partial charge in [0.25, 0.3) is 10.0 Å². The SMILES string of the molecule is Cc1noc(C)c1-c1ccc(S(=O)(=O)N2CCN(C[C@H](C)Nc3ncnc4c(C(F)(F)F)cccc34)CC2)s1. The minimum absolute atomic E-state index is 0.153. The number of piperazine rings is 1. The van der Waals surface area contributed by atoms with Gasteiger partial charge in [-0.15, -0.1) is 11.3 Å². The number of aryl methyl sites for hydroxylation is 2. The van der Waals surface area contributed by atoms with Gasteiger partial charge in [0.15, 0.2) is 0 Å². The molecule has 4 heterocycles. The number of para-hydroxylation sites is 1. The number of hydrogen-bond donors (Lipinski definition) is 1. The first-order valence-corrected chi connectivity index (χ1v) is 14.5. The third-order valence-corrected chi connectivity index (χ3v) is 10.1. The molecule has 3 aromatic heterocycles. The number of nitrogens with zero attached hydrogens (tertiary/aromatic N) is 5. The Hall–Kier alpha value is -3.07. The van der Waals surface area contributed by atoms with Gasteiger partial charge in [0, 0.05) is 49.0 Å². The van der Waals surface area contributed by atoms with Gasteiger partial charge in [-0.25, -0.2) is 18.4 Å².